The van der Waals surface area contributed by atoms with Crippen LogP contribution in [0.1, 0.15) is 11.3 Å². The SMILES string of the molecule is O=C1NC(=S)N(c2ccc(Cl)cc2)C(=O)/C1=C/c1cncn1Cc1ccccc1. The highest BCUT2D eigenvalue weighted by molar-refractivity contribution is 7.80. The van der Waals surface area contributed by atoms with Crippen LogP contribution in [0, 0.1) is 0 Å². The van der Waals surface area contributed by atoms with Gasteiger partial charge in [0.1, 0.15) is 5.57 Å². The van der Waals surface area contributed by atoms with Gasteiger partial charge in [-0.15, -0.1) is 0 Å². The van der Waals surface area contributed by atoms with E-state index < -0.39 is 11.8 Å². The number of rotatable bonds is 4. The average molecular weight is 423 g/mol. The minimum Gasteiger partial charge on any atom is -0.327 e. The van der Waals surface area contributed by atoms with Crippen LogP contribution in [0.2, 0.25) is 5.02 Å². The lowest BCUT2D eigenvalue weighted by Crippen LogP contribution is -2.54. The summed E-state index contributed by atoms with van der Waals surface area (Å²) in [7, 11) is 0. The third-order valence-electron chi connectivity index (χ3n) is 4.42. The molecule has 1 N–H and O–H groups in total. The fraction of sp³-hybridized carbons (Fsp3) is 0.0476. The fourth-order valence-electron chi connectivity index (χ4n) is 2.99. The van der Waals surface area contributed by atoms with Gasteiger partial charge in [0.25, 0.3) is 11.8 Å². The third kappa shape index (κ3) is 3.96. The summed E-state index contributed by atoms with van der Waals surface area (Å²) < 4.78 is 1.86. The van der Waals surface area contributed by atoms with Crippen LogP contribution in [0.5, 0.6) is 0 Å². The largest absolute Gasteiger partial charge is 0.327 e. The number of nitrogens with one attached hydrogen (secondary N) is 1. The van der Waals surface area contributed by atoms with Crippen LogP contribution < -0.4 is 10.2 Å². The van der Waals surface area contributed by atoms with E-state index in [0.29, 0.717) is 22.9 Å². The van der Waals surface area contributed by atoms with Gasteiger partial charge >= 0.3 is 0 Å². The molecule has 1 fully saturated rings. The minimum absolute atomic E-state index is 0.0247. The number of thiocarbonyl (C=S) groups is 1. The quantitative estimate of drug-likeness (QED) is 0.397. The number of anilines is 1. The number of amides is 2. The van der Waals surface area contributed by atoms with Crippen LogP contribution in [0.3, 0.4) is 0 Å². The number of carbonyl (C=O) groups excluding carboxylic acids is 2. The van der Waals surface area contributed by atoms with Gasteiger partial charge in [-0.25, -0.2) is 4.98 Å². The first-order valence-corrected chi connectivity index (χ1v) is 9.52. The summed E-state index contributed by atoms with van der Waals surface area (Å²) >= 11 is 11.1. The van der Waals surface area contributed by atoms with Gasteiger partial charge in [0.15, 0.2) is 5.11 Å². The second kappa shape index (κ2) is 7.98. The Bertz CT molecular complexity index is 1120. The molecule has 0 unspecified atom stereocenters. The van der Waals surface area contributed by atoms with E-state index in [9.17, 15) is 9.59 Å². The van der Waals surface area contributed by atoms with Crippen LogP contribution in [0.15, 0.2) is 72.7 Å². The second-order valence-corrected chi connectivity index (χ2v) is 7.19. The lowest BCUT2D eigenvalue weighted by atomic mass is 10.1. The van der Waals surface area contributed by atoms with Crippen molar-refractivity contribution in [2.45, 2.75) is 6.54 Å². The number of hydrogen-bond donors (Lipinski definition) is 1. The number of imidazole rings is 1. The molecule has 1 saturated heterocycles. The van der Waals surface area contributed by atoms with Gasteiger partial charge < -0.3 is 4.57 Å². The Morgan fingerprint density at radius 1 is 1.07 bits per heavy atom. The van der Waals surface area contributed by atoms with Crippen molar-refractivity contribution in [2.24, 2.45) is 0 Å². The number of halogens is 1. The van der Waals surface area contributed by atoms with Gasteiger partial charge in [-0.3, -0.25) is 19.8 Å². The topological polar surface area (TPSA) is 67.2 Å². The summed E-state index contributed by atoms with van der Waals surface area (Å²) in [5.41, 5.74) is 2.21. The number of aromatic nitrogens is 2. The minimum atomic E-state index is -0.544. The summed E-state index contributed by atoms with van der Waals surface area (Å²) in [4.78, 5) is 31.0. The maximum Gasteiger partial charge on any atom is 0.270 e. The Morgan fingerprint density at radius 3 is 2.52 bits per heavy atom. The molecule has 0 saturated carbocycles. The molecular formula is C21H15ClN4O2S. The van der Waals surface area contributed by atoms with Crippen LogP contribution >= 0.6 is 23.8 Å². The molecule has 8 heteroatoms. The van der Waals surface area contributed by atoms with Gasteiger partial charge in [0, 0.05) is 11.6 Å². The molecule has 4 rings (SSSR count). The molecule has 0 bridgehead atoms. The van der Waals surface area contributed by atoms with E-state index in [1.165, 1.54) is 11.0 Å². The number of benzene rings is 2. The molecule has 0 radical (unpaired) electrons. The molecule has 29 heavy (non-hydrogen) atoms. The van der Waals surface area contributed by atoms with Crippen molar-refractivity contribution in [1.29, 1.82) is 0 Å². The highest BCUT2D eigenvalue weighted by atomic mass is 35.5. The first-order chi connectivity index (χ1) is 14.0. The lowest BCUT2D eigenvalue weighted by molar-refractivity contribution is -0.122. The van der Waals surface area contributed by atoms with Crippen LogP contribution in [0.25, 0.3) is 6.08 Å². The van der Waals surface area contributed by atoms with E-state index in [-0.39, 0.29) is 10.7 Å². The van der Waals surface area contributed by atoms with Crippen molar-refractivity contribution in [2.75, 3.05) is 4.90 Å². The summed E-state index contributed by atoms with van der Waals surface area (Å²) in [5, 5.41) is 3.13. The van der Waals surface area contributed by atoms with Crippen molar-refractivity contribution in [3.05, 3.63) is 89.0 Å². The predicted octanol–water partition coefficient (Wildman–Crippen LogP) is 3.42. The van der Waals surface area contributed by atoms with Crippen LogP contribution in [-0.4, -0.2) is 26.5 Å². The van der Waals surface area contributed by atoms with Crippen LogP contribution in [-0.2, 0) is 16.1 Å². The van der Waals surface area contributed by atoms with E-state index in [0.717, 1.165) is 5.56 Å². The Hall–Kier alpha value is -3.29. The van der Waals surface area contributed by atoms with Gasteiger partial charge in [-0.2, -0.15) is 0 Å². The molecule has 0 aliphatic carbocycles. The second-order valence-electron chi connectivity index (χ2n) is 6.37. The molecule has 2 amide bonds. The summed E-state index contributed by atoms with van der Waals surface area (Å²) in [6, 6.07) is 16.5. The predicted molar refractivity (Wildman–Crippen MR) is 115 cm³/mol. The number of hydrogen-bond acceptors (Lipinski definition) is 4. The maximum absolute atomic E-state index is 13.1. The van der Waals surface area contributed by atoms with E-state index in [4.69, 9.17) is 23.8 Å². The van der Waals surface area contributed by atoms with Crippen molar-refractivity contribution in [3.63, 3.8) is 0 Å². The third-order valence-corrected chi connectivity index (χ3v) is 4.96. The molecule has 3 aromatic rings. The Morgan fingerprint density at radius 2 is 1.79 bits per heavy atom. The molecule has 2 heterocycles. The smallest absolute Gasteiger partial charge is 0.270 e. The summed E-state index contributed by atoms with van der Waals surface area (Å²) in [6.07, 6.45) is 4.79. The number of carbonyl (C=O) groups is 2. The van der Waals surface area contributed by atoms with Crippen molar-refractivity contribution < 1.29 is 9.59 Å². The fourth-order valence-corrected chi connectivity index (χ4v) is 3.40. The number of nitrogens with zero attached hydrogens (tertiary/aromatic N) is 3. The van der Waals surface area contributed by atoms with E-state index in [1.54, 1.807) is 36.8 Å². The Kier molecular flexibility index (Phi) is 5.24. The summed E-state index contributed by atoms with van der Waals surface area (Å²) in [6.45, 7) is 0.565. The molecule has 144 valence electrons. The van der Waals surface area contributed by atoms with Crippen molar-refractivity contribution in [1.82, 2.24) is 14.9 Å². The molecule has 1 aromatic heterocycles. The Balaban J connectivity index is 1.67. The molecule has 2 aromatic carbocycles. The first kappa shape index (κ1) is 19.0. The Labute approximate surface area is 177 Å². The summed E-state index contributed by atoms with van der Waals surface area (Å²) in [5.74, 6) is -1.05. The van der Waals surface area contributed by atoms with E-state index in [2.05, 4.69) is 10.3 Å². The lowest BCUT2D eigenvalue weighted by Gasteiger charge is -2.28. The molecule has 0 atom stereocenters. The maximum atomic E-state index is 13.1. The monoisotopic (exact) mass is 422 g/mol. The zero-order chi connectivity index (χ0) is 20.4. The zero-order valence-corrected chi connectivity index (χ0v) is 16.7. The molecule has 6 nitrogen and oxygen atoms in total. The zero-order valence-electron chi connectivity index (χ0n) is 15.1. The van der Waals surface area contributed by atoms with Gasteiger partial charge in [-0.05, 0) is 48.1 Å². The molecular weight excluding hydrogens is 408 g/mol. The van der Waals surface area contributed by atoms with E-state index in [1.807, 2.05) is 34.9 Å². The van der Waals surface area contributed by atoms with Crippen molar-refractivity contribution in [3.8, 4) is 0 Å². The standard InChI is InChI=1S/C21H15ClN4O2S/c22-15-6-8-16(9-7-15)26-20(28)18(19(27)24-21(26)29)10-17-11-23-13-25(17)12-14-4-2-1-3-5-14/h1-11,13H,12H2,(H,24,27,29)/b18-10+. The average Bonchev–Trinajstić information content (AvgIpc) is 3.14. The molecule has 0 spiro atoms. The first-order valence-electron chi connectivity index (χ1n) is 8.74. The van der Waals surface area contributed by atoms with Gasteiger partial charge in [0.05, 0.1) is 23.9 Å². The van der Waals surface area contributed by atoms with Gasteiger partial charge in [-0.1, -0.05) is 41.9 Å². The normalized spacial score (nSPS) is 15.7. The van der Waals surface area contributed by atoms with Gasteiger partial charge in [0.2, 0.25) is 0 Å². The molecule has 1 aliphatic heterocycles. The van der Waals surface area contributed by atoms with Crippen molar-refractivity contribution >= 4 is 52.5 Å². The highest BCUT2D eigenvalue weighted by Gasteiger charge is 2.34. The molecule has 1 aliphatic rings. The van der Waals surface area contributed by atoms with Crippen LogP contribution in [0.4, 0.5) is 5.69 Å². The van der Waals surface area contributed by atoms with E-state index >= 15 is 0 Å². The highest BCUT2D eigenvalue weighted by Crippen LogP contribution is 2.23.